The van der Waals surface area contributed by atoms with Gasteiger partial charge in [0.2, 0.25) is 0 Å². The SMILES string of the molecule is CCn1c(-c2cc(Br)c(Br)s2)n[nH]c1=S. The third-order valence-electron chi connectivity index (χ3n) is 1.94. The summed E-state index contributed by atoms with van der Waals surface area (Å²) in [5, 5.41) is 7.03. The minimum Gasteiger partial charge on any atom is -0.300 e. The van der Waals surface area contributed by atoms with Crippen LogP contribution >= 0.6 is 55.4 Å². The molecule has 2 aromatic heterocycles. The molecule has 0 unspecified atom stereocenters. The summed E-state index contributed by atoms with van der Waals surface area (Å²) < 4.78 is 4.74. The summed E-state index contributed by atoms with van der Waals surface area (Å²) in [4.78, 5) is 1.09. The lowest BCUT2D eigenvalue weighted by molar-refractivity contribution is 0.757. The highest BCUT2D eigenvalue weighted by Gasteiger charge is 2.12. The normalized spacial score (nSPS) is 10.9. The number of rotatable bonds is 2. The summed E-state index contributed by atoms with van der Waals surface area (Å²) >= 11 is 13.7. The predicted octanol–water partition coefficient (Wildman–Crippen LogP) is 4.21. The highest BCUT2D eigenvalue weighted by molar-refractivity contribution is 9.13. The number of aromatic amines is 1. The van der Waals surface area contributed by atoms with Crippen molar-refractivity contribution in [2.75, 3.05) is 0 Å². The van der Waals surface area contributed by atoms with E-state index in [1.54, 1.807) is 11.3 Å². The van der Waals surface area contributed by atoms with E-state index in [1.165, 1.54) is 0 Å². The molecule has 80 valence electrons. The zero-order valence-corrected chi connectivity index (χ0v) is 12.6. The minimum absolute atomic E-state index is 0.660. The molecular weight excluding hydrogens is 362 g/mol. The summed E-state index contributed by atoms with van der Waals surface area (Å²) in [5.74, 6) is 0.888. The number of hydrogen-bond acceptors (Lipinski definition) is 3. The van der Waals surface area contributed by atoms with Gasteiger partial charge in [-0.1, -0.05) is 0 Å². The molecule has 0 saturated heterocycles. The summed E-state index contributed by atoms with van der Waals surface area (Å²) in [6, 6.07) is 2.03. The zero-order valence-electron chi connectivity index (χ0n) is 7.75. The van der Waals surface area contributed by atoms with Crippen LogP contribution < -0.4 is 0 Å². The van der Waals surface area contributed by atoms with Crippen LogP contribution in [-0.4, -0.2) is 14.8 Å². The van der Waals surface area contributed by atoms with Gasteiger partial charge in [-0.2, -0.15) is 5.10 Å². The second kappa shape index (κ2) is 4.48. The molecule has 2 heterocycles. The molecule has 3 nitrogen and oxygen atoms in total. The molecule has 0 aliphatic heterocycles. The van der Waals surface area contributed by atoms with Crippen molar-refractivity contribution in [3.05, 3.63) is 19.1 Å². The Morgan fingerprint density at radius 1 is 1.60 bits per heavy atom. The lowest BCUT2D eigenvalue weighted by atomic mass is 10.4. The Hall–Kier alpha value is 0.0200. The Bertz CT molecular complexity index is 521. The highest BCUT2D eigenvalue weighted by atomic mass is 79.9. The van der Waals surface area contributed by atoms with Crippen LogP contribution in [0.15, 0.2) is 14.3 Å². The van der Waals surface area contributed by atoms with Crippen molar-refractivity contribution in [1.29, 1.82) is 0 Å². The molecule has 0 aromatic carbocycles. The second-order valence-electron chi connectivity index (χ2n) is 2.83. The van der Waals surface area contributed by atoms with Crippen molar-refractivity contribution in [1.82, 2.24) is 14.8 Å². The van der Waals surface area contributed by atoms with Crippen LogP contribution in [0.2, 0.25) is 0 Å². The molecule has 0 aliphatic carbocycles. The summed E-state index contributed by atoms with van der Waals surface area (Å²) in [6.07, 6.45) is 0. The van der Waals surface area contributed by atoms with Crippen molar-refractivity contribution in [2.24, 2.45) is 0 Å². The van der Waals surface area contributed by atoms with Gasteiger partial charge in [-0.3, -0.25) is 9.67 Å². The van der Waals surface area contributed by atoms with Crippen LogP contribution in [0.4, 0.5) is 0 Å². The highest BCUT2D eigenvalue weighted by Crippen LogP contribution is 2.37. The fraction of sp³-hybridized carbons (Fsp3) is 0.250. The first-order chi connectivity index (χ1) is 7.13. The molecule has 0 saturated carbocycles. The third-order valence-corrected chi connectivity index (χ3v) is 5.50. The van der Waals surface area contributed by atoms with Gasteiger partial charge in [0.15, 0.2) is 10.6 Å². The third kappa shape index (κ3) is 2.11. The Morgan fingerprint density at radius 2 is 2.33 bits per heavy atom. The van der Waals surface area contributed by atoms with E-state index in [0.29, 0.717) is 4.77 Å². The molecule has 0 atom stereocenters. The molecule has 0 fully saturated rings. The Kier molecular flexibility index (Phi) is 3.44. The number of halogens is 2. The van der Waals surface area contributed by atoms with Crippen LogP contribution in [0.3, 0.4) is 0 Å². The molecule has 0 aliphatic rings. The first-order valence-corrected chi connectivity index (χ1v) is 7.05. The molecule has 2 rings (SSSR count). The molecule has 15 heavy (non-hydrogen) atoms. The largest absolute Gasteiger partial charge is 0.300 e. The van der Waals surface area contributed by atoms with Gasteiger partial charge in [0.25, 0.3) is 0 Å². The van der Waals surface area contributed by atoms with Crippen molar-refractivity contribution in [2.45, 2.75) is 13.5 Å². The van der Waals surface area contributed by atoms with E-state index < -0.39 is 0 Å². The van der Waals surface area contributed by atoms with Crippen molar-refractivity contribution in [3.8, 4) is 10.7 Å². The molecule has 0 bridgehead atoms. The fourth-order valence-electron chi connectivity index (χ4n) is 1.26. The van der Waals surface area contributed by atoms with Gasteiger partial charge in [0.05, 0.1) is 8.66 Å². The van der Waals surface area contributed by atoms with Crippen LogP contribution in [0.1, 0.15) is 6.92 Å². The summed E-state index contributed by atoms with van der Waals surface area (Å²) in [5.41, 5.74) is 0. The van der Waals surface area contributed by atoms with Gasteiger partial charge < -0.3 is 0 Å². The number of hydrogen-bond donors (Lipinski definition) is 1. The van der Waals surface area contributed by atoms with Crippen molar-refractivity contribution < 1.29 is 0 Å². The van der Waals surface area contributed by atoms with E-state index in [1.807, 2.05) is 17.6 Å². The maximum atomic E-state index is 5.14. The molecule has 1 N–H and O–H groups in total. The standard InChI is InChI=1S/C8H7Br2N3S2/c1-2-13-7(11-12-8(13)14)5-3-4(9)6(10)15-5/h3H,2H2,1H3,(H,12,14). The van der Waals surface area contributed by atoms with Crippen molar-refractivity contribution >= 4 is 55.4 Å². The van der Waals surface area contributed by atoms with Crippen LogP contribution in [0.5, 0.6) is 0 Å². The molecule has 7 heteroatoms. The van der Waals surface area contributed by atoms with Gasteiger partial charge in [0, 0.05) is 11.0 Å². The van der Waals surface area contributed by atoms with Gasteiger partial charge >= 0.3 is 0 Å². The smallest absolute Gasteiger partial charge is 0.195 e. The lowest BCUT2D eigenvalue weighted by Gasteiger charge is -1.99. The zero-order chi connectivity index (χ0) is 11.0. The molecule has 2 aromatic rings. The number of nitrogens with one attached hydrogen (secondary N) is 1. The maximum Gasteiger partial charge on any atom is 0.195 e. The van der Waals surface area contributed by atoms with Crippen molar-refractivity contribution in [3.63, 3.8) is 0 Å². The number of H-pyrrole nitrogens is 1. The Balaban J connectivity index is 2.58. The quantitative estimate of drug-likeness (QED) is 0.805. The van der Waals surface area contributed by atoms with E-state index in [2.05, 4.69) is 42.1 Å². The Labute approximate surface area is 113 Å². The number of nitrogens with zero attached hydrogens (tertiary/aromatic N) is 2. The monoisotopic (exact) mass is 367 g/mol. The predicted molar refractivity (Wildman–Crippen MR) is 71.8 cm³/mol. The lowest BCUT2D eigenvalue weighted by Crippen LogP contribution is -1.96. The topological polar surface area (TPSA) is 33.6 Å². The van der Waals surface area contributed by atoms with Crippen LogP contribution in [0, 0.1) is 4.77 Å². The molecular formula is C8H7Br2N3S2. The van der Waals surface area contributed by atoms with Gasteiger partial charge in [0.1, 0.15) is 0 Å². The van der Waals surface area contributed by atoms with Crippen LogP contribution in [0.25, 0.3) is 10.7 Å². The first-order valence-electron chi connectivity index (χ1n) is 4.24. The minimum atomic E-state index is 0.660. The van der Waals surface area contributed by atoms with E-state index >= 15 is 0 Å². The van der Waals surface area contributed by atoms with Gasteiger partial charge in [-0.15, -0.1) is 11.3 Å². The van der Waals surface area contributed by atoms with Gasteiger partial charge in [-0.05, 0) is 57.1 Å². The number of aromatic nitrogens is 3. The average molecular weight is 369 g/mol. The first kappa shape index (κ1) is 11.5. The molecule has 0 radical (unpaired) electrons. The molecule has 0 amide bonds. The summed E-state index contributed by atoms with van der Waals surface area (Å²) in [6.45, 7) is 2.87. The van der Waals surface area contributed by atoms with Crippen LogP contribution in [-0.2, 0) is 6.54 Å². The van der Waals surface area contributed by atoms with Gasteiger partial charge in [-0.25, -0.2) is 0 Å². The average Bonchev–Trinajstić information content (AvgIpc) is 2.71. The van der Waals surface area contributed by atoms with E-state index in [0.717, 1.165) is 25.5 Å². The maximum absolute atomic E-state index is 5.14. The van der Waals surface area contributed by atoms with E-state index in [9.17, 15) is 0 Å². The second-order valence-corrected chi connectivity index (χ2v) is 6.44. The summed E-state index contributed by atoms with van der Waals surface area (Å²) in [7, 11) is 0. The van der Waals surface area contributed by atoms with E-state index in [4.69, 9.17) is 12.2 Å². The molecule has 0 spiro atoms. The van der Waals surface area contributed by atoms with E-state index in [-0.39, 0.29) is 0 Å². The fourth-order valence-corrected chi connectivity index (χ4v) is 3.55. The Morgan fingerprint density at radius 3 is 2.87 bits per heavy atom. The number of thiophene rings is 1.